The number of hydrogen-bond acceptors (Lipinski definition) is 4. The molecule has 0 aliphatic rings. The van der Waals surface area contributed by atoms with Gasteiger partial charge in [-0.05, 0) is 24.1 Å². The number of aryl methyl sites for hydroxylation is 1. The van der Waals surface area contributed by atoms with E-state index >= 15 is 0 Å². The predicted octanol–water partition coefficient (Wildman–Crippen LogP) is -1.72. The summed E-state index contributed by atoms with van der Waals surface area (Å²) >= 11 is -2.72. The Kier molecular flexibility index (Phi) is 5.54. The van der Waals surface area contributed by atoms with Crippen molar-refractivity contribution in [1.82, 2.24) is 0 Å². The van der Waals surface area contributed by atoms with Crippen LogP contribution in [0, 0.1) is 22.9 Å². The van der Waals surface area contributed by atoms with Crippen LogP contribution in [0.3, 0.4) is 0 Å². The summed E-state index contributed by atoms with van der Waals surface area (Å²) in [6, 6.07) is 1.52. The van der Waals surface area contributed by atoms with Gasteiger partial charge in [0.15, 0.2) is 0 Å². The number of rotatable bonds is 2. The van der Waals surface area contributed by atoms with Gasteiger partial charge in [-0.1, -0.05) is 0 Å². The van der Waals surface area contributed by atoms with E-state index in [1.165, 1.54) is 6.92 Å². The van der Waals surface area contributed by atoms with Gasteiger partial charge in [0.05, 0.1) is 15.9 Å². The Morgan fingerprint density at radius 2 is 2.00 bits per heavy atom. The van der Waals surface area contributed by atoms with Crippen LogP contribution in [0.25, 0.3) is 0 Å². The van der Waals surface area contributed by atoms with E-state index in [0.29, 0.717) is 6.07 Å². The number of halogens is 1. The van der Waals surface area contributed by atoms with Crippen LogP contribution < -0.4 is 29.6 Å². The molecule has 0 bridgehead atoms. The van der Waals surface area contributed by atoms with Crippen LogP contribution in [0.1, 0.15) is 5.56 Å². The summed E-state index contributed by atoms with van der Waals surface area (Å²) in [7, 11) is 0. The second-order valence-electron chi connectivity index (χ2n) is 2.56. The molecule has 0 radical (unpaired) electrons. The van der Waals surface area contributed by atoms with Gasteiger partial charge in [-0.25, -0.2) is 4.39 Å². The fourth-order valence-corrected chi connectivity index (χ4v) is 1.46. The van der Waals surface area contributed by atoms with Crippen molar-refractivity contribution in [2.24, 2.45) is 0 Å². The van der Waals surface area contributed by atoms with Gasteiger partial charge in [-0.3, -0.25) is 14.3 Å². The Hall–Kier alpha value is -0.340. The van der Waals surface area contributed by atoms with Crippen molar-refractivity contribution in [3.63, 3.8) is 0 Å². The number of nitrogens with zero attached hydrogens (tertiary/aromatic N) is 1. The summed E-state index contributed by atoms with van der Waals surface area (Å²) in [4.78, 5) is 9.01. The smallest absolute Gasteiger partial charge is 0.768 e. The quantitative estimate of drug-likeness (QED) is 0.267. The topological polar surface area (TPSA) is 83.3 Å². The van der Waals surface area contributed by atoms with Gasteiger partial charge < -0.3 is 4.55 Å². The molecule has 1 aromatic carbocycles. The summed E-state index contributed by atoms with van der Waals surface area (Å²) in [6.45, 7) is 1.34. The van der Waals surface area contributed by atoms with E-state index in [0.717, 1.165) is 6.07 Å². The first-order valence-corrected chi connectivity index (χ1v) is 4.54. The first-order valence-electron chi connectivity index (χ1n) is 3.47. The fourth-order valence-electron chi connectivity index (χ4n) is 0.969. The van der Waals surface area contributed by atoms with Crippen molar-refractivity contribution in [2.45, 2.75) is 11.8 Å². The molecule has 0 N–H and O–H groups in total. The van der Waals surface area contributed by atoms with E-state index < -0.39 is 32.4 Å². The van der Waals surface area contributed by atoms with Gasteiger partial charge in [0, 0.05) is 5.56 Å². The maximum atomic E-state index is 12.9. The Balaban J connectivity index is 0.00000196. The summed E-state index contributed by atoms with van der Waals surface area (Å²) in [5.41, 5.74) is -0.327. The molecule has 1 unspecified atom stereocenters. The number of benzene rings is 1. The van der Waals surface area contributed by atoms with Gasteiger partial charge in [-0.2, -0.15) is 0 Å². The van der Waals surface area contributed by atoms with Crippen molar-refractivity contribution in [3.05, 3.63) is 33.6 Å². The Labute approximate surface area is 109 Å². The van der Waals surface area contributed by atoms with E-state index in [9.17, 15) is 23.3 Å². The molecule has 0 saturated carbocycles. The van der Waals surface area contributed by atoms with Crippen LogP contribution in [0.5, 0.6) is 0 Å². The van der Waals surface area contributed by atoms with Crippen molar-refractivity contribution in [1.29, 1.82) is 0 Å². The van der Waals surface area contributed by atoms with E-state index in [-0.39, 0.29) is 35.1 Å². The molecule has 15 heavy (non-hydrogen) atoms. The first kappa shape index (κ1) is 14.7. The van der Waals surface area contributed by atoms with Crippen LogP contribution >= 0.6 is 0 Å². The molecule has 0 amide bonds. The largest absolute Gasteiger partial charge is 1.00 e. The molecular weight excluding hydrogens is 236 g/mol. The van der Waals surface area contributed by atoms with Crippen LogP contribution in [-0.2, 0) is 11.1 Å². The van der Waals surface area contributed by atoms with Crippen molar-refractivity contribution in [2.75, 3.05) is 0 Å². The molecule has 0 aliphatic heterocycles. The van der Waals surface area contributed by atoms with E-state index in [1.54, 1.807) is 0 Å². The van der Waals surface area contributed by atoms with Gasteiger partial charge in [-0.15, -0.1) is 0 Å². The zero-order valence-corrected chi connectivity index (χ0v) is 10.8. The molecular formula is C7H5FNNaO4S. The number of nitro groups is 1. The number of hydrogen-bond donors (Lipinski definition) is 0. The third-order valence-corrected chi connectivity index (χ3v) is 2.30. The molecule has 0 aliphatic carbocycles. The Morgan fingerprint density at radius 1 is 1.47 bits per heavy atom. The minimum atomic E-state index is -2.72. The standard InChI is InChI=1S/C7H6FNO4S.Na/c1-4-2-7(14(12)13)5(8)3-6(4)9(10)11;/h2-3H,1H3,(H,12,13);/q;+1/p-1. The van der Waals surface area contributed by atoms with Crippen LogP contribution in [0.4, 0.5) is 10.1 Å². The van der Waals surface area contributed by atoms with Gasteiger partial charge in [0.2, 0.25) is 0 Å². The zero-order valence-electron chi connectivity index (χ0n) is 8.02. The van der Waals surface area contributed by atoms with Gasteiger partial charge in [0.1, 0.15) is 5.82 Å². The Morgan fingerprint density at radius 3 is 2.40 bits per heavy atom. The zero-order chi connectivity index (χ0) is 10.9. The monoisotopic (exact) mass is 241 g/mol. The molecule has 0 saturated heterocycles. The average molecular weight is 241 g/mol. The van der Waals surface area contributed by atoms with Crippen molar-refractivity contribution < 1.29 is 47.6 Å². The minimum absolute atomic E-state index is 0. The normalized spacial score (nSPS) is 11.7. The van der Waals surface area contributed by atoms with E-state index in [1.807, 2.05) is 0 Å². The third kappa shape index (κ3) is 3.32. The van der Waals surface area contributed by atoms with Gasteiger partial charge in [0.25, 0.3) is 5.69 Å². The molecule has 0 fully saturated rings. The molecule has 0 heterocycles. The van der Waals surface area contributed by atoms with Crippen LogP contribution in [0.15, 0.2) is 17.0 Å². The average Bonchev–Trinajstić information content (AvgIpc) is 2.07. The Bertz CT molecular complexity index is 386. The van der Waals surface area contributed by atoms with E-state index in [4.69, 9.17) is 0 Å². The van der Waals surface area contributed by atoms with Gasteiger partial charge >= 0.3 is 29.6 Å². The summed E-state index contributed by atoms with van der Waals surface area (Å²) in [5, 5.41) is 10.3. The third-order valence-electron chi connectivity index (χ3n) is 1.63. The summed E-state index contributed by atoms with van der Waals surface area (Å²) in [5.74, 6) is -1.12. The molecule has 1 rings (SSSR count). The van der Waals surface area contributed by atoms with Crippen molar-refractivity contribution in [3.8, 4) is 0 Å². The maximum Gasteiger partial charge on any atom is 1.00 e. The molecule has 0 aromatic heterocycles. The van der Waals surface area contributed by atoms with Crippen molar-refractivity contribution >= 4 is 16.8 Å². The predicted molar refractivity (Wildman–Crippen MR) is 45.0 cm³/mol. The SMILES string of the molecule is Cc1cc(S(=O)[O-])c(F)cc1[N+](=O)[O-].[Na+]. The van der Waals surface area contributed by atoms with Crippen LogP contribution in [-0.4, -0.2) is 13.7 Å². The summed E-state index contributed by atoms with van der Waals surface area (Å²) < 4.78 is 33.8. The second-order valence-corrected chi connectivity index (χ2v) is 3.47. The second kappa shape index (κ2) is 5.66. The molecule has 0 spiro atoms. The van der Waals surface area contributed by atoms with Crippen LogP contribution in [0.2, 0.25) is 0 Å². The molecule has 1 atom stereocenters. The minimum Gasteiger partial charge on any atom is -0.768 e. The molecule has 5 nitrogen and oxygen atoms in total. The summed E-state index contributed by atoms with van der Waals surface area (Å²) in [6.07, 6.45) is 0. The van der Waals surface area contributed by atoms with E-state index in [2.05, 4.69) is 0 Å². The molecule has 1 aromatic rings. The number of nitro benzene ring substituents is 1. The molecule has 76 valence electrons. The molecule has 8 heteroatoms. The maximum absolute atomic E-state index is 12.9. The first-order chi connectivity index (χ1) is 6.43. The fraction of sp³-hybridized carbons (Fsp3) is 0.143.